The molecule has 0 heterocycles. The Balaban J connectivity index is 4.61. The number of amides is 1. The Kier molecular flexibility index (Phi) is 4.71. The van der Waals surface area contributed by atoms with E-state index in [1.54, 1.807) is 13.8 Å². The molecule has 0 aliphatic heterocycles. The highest BCUT2D eigenvalue weighted by molar-refractivity contribution is 5.87. The molecule has 0 radical (unpaired) electrons. The van der Waals surface area contributed by atoms with Gasteiger partial charge in [-0.15, -0.1) is 6.42 Å². The summed E-state index contributed by atoms with van der Waals surface area (Å²) in [7, 11) is 0. The Bertz CT molecular complexity index is 261. The van der Waals surface area contributed by atoms with Crippen LogP contribution in [-0.2, 0) is 9.59 Å². The van der Waals surface area contributed by atoms with Crippen LogP contribution in [-0.4, -0.2) is 22.5 Å². The first-order valence-electron chi connectivity index (χ1n) is 4.50. The first-order chi connectivity index (χ1) is 6.52. The van der Waals surface area contributed by atoms with Gasteiger partial charge in [-0.1, -0.05) is 19.8 Å². The van der Waals surface area contributed by atoms with E-state index < -0.39 is 17.4 Å². The van der Waals surface area contributed by atoms with Crippen molar-refractivity contribution in [1.82, 2.24) is 5.32 Å². The largest absolute Gasteiger partial charge is 0.480 e. The molecule has 0 unspecified atom stereocenters. The van der Waals surface area contributed by atoms with E-state index in [1.165, 1.54) is 0 Å². The van der Waals surface area contributed by atoms with Crippen molar-refractivity contribution in [2.24, 2.45) is 0 Å². The van der Waals surface area contributed by atoms with Crippen LogP contribution in [0.1, 0.15) is 33.1 Å². The molecule has 4 heteroatoms. The maximum Gasteiger partial charge on any atom is 0.329 e. The van der Waals surface area contributed by atoms with Gasteiger partial charge in [-0.25, -0.2) is 4.79 Å². The molecule has 0 rings (SSSR count). The van der Waals surface area contributed by atoms with Crippen molar-refractivity contribution in [2.45, 2.75) is 38.6 Å². The van der Waals surface area contributed by atoms with E-state index in [0.717, 1.165) is 0 Å². The van der Waals surface area contributed by atoms with Crippen LogP contribution in [0.25, 0.3) is 0 Å². The highest BCUT2D eigenvalue weighted by Gasteiger charge is 2.35. The Morgan fingerprint density at radius 1 is 1.43 bits per heavy atom. The van der Waals surface area contributed by atoms with Crippen molar-refractivity contribution in [1.29, 1.82) is 0 Å². The molecule has 0 atom stereocenters. The van der Waals surface area contributed by atoms with E-state index in [2.05, 4.69) is 11.2 Å². The number of rotatable bonds is 5. The fraction of sp³-hybridized carbons (Fsp3) is 0.600. The van der Waals surface area contributed by atoms with Crippen molar-refractivity contribution >= 4 is 11.9 Å². The van der Waals surface area contributed by atoms with E-state index >= 15 is 0 Å². The summed E-state index contributed by atoms with van der Waals surface area (Å²) in [5.74, 6) is 0.734. The predicted octanol–water partition coefficient (Wildman–Crippen LogP) is 0.769. The summed E-state index contributed by atoms with van der Waals surface area (Å²) >= 11 is 0. The Morgan fingerprint density at radius 3 is 2.21 bits per heavy atom. The van der Waals surface area contributed by atoms with Crippen molar-refractivity contribution < 1.29 is 14.7 Å². The minimum Gasteiger partial charge on any atom is -0.480 e. The van der Waals surface area contributed by atoms with E-state index in [-0.39, 0.29) is 6.42 Å². The smallest absolute Gasteiger partial charge is 0.329 e. The molecular weight excluding hydrogens is 182 g/mol. The number of carboxylic acid groups (broad SMARTS) is 1. The van der Waals surface area contributed by atoms with Crippen molar-refractivity contribution in [3.05, 3.63) is 0 Å². The zero-order valence-corrected chi connectivity index (χ0v) is 8.46. The number of terminal acetylenes is 1. The molecule has 2 N–H and O–H groups in total. The molecule has 0 aliphatic rings. The summed E-state index contributed by atoms with van der Waals surface area (Å²) < 4.78 is 0. The quantitative estimate of drug-likeness (QED) is 0.640. The molecule has 0 aromatic rings. The number of aliphatic carboxylic acids is 1. The number of carbonyl (C=O) groups excluding carboxylic acids is 1. The molecule has 0 aromatic heterocycles. The zero-order valence-electron chi connectivity index (χ0n) is 8.46. The van der Waals surface area contributed by atoms with Crippen LogP contribution in [0, 0.1) is 12.3 Å². The SMILES string of the molecule is C#CCC(=O)NC(CC)(CC)C(=O)O. The second-order valence-electron chi connectivity index (χ2n) is 3.02. The van der Waals surface area contributed by atoms with Crippen molar-refractivity contribution in [2.75, 3.05) is 0 Å². The van der Waals surface area contributed by atoms with Crippen molar-refractivity contribution in [3.8, 4) is 12.3 Å². The third kappa shape index (κ3) is 2.77. The molecule has 1 amide bonds. The van der Waals surface area contributed by atoms with Gasteiger partial charge in [0.15, 0.2) is 0 Å². The lowest BCUT2D eigenvalue weighted by Crippen LogP contribution is -2.53. The van der Waals surface area contributed by atoms with Gasteiger partial charge in [0.1, 0.15) is 5.54 Å². The zero-order chi connectivity index (χ0) is 11.2. The summed E-state index contributed by atoms with van der Waals surface area (Å²) in [6.07, 6.45) is 5.55. The van der Waals surface area contributed by atoms with Crippen LogP contribution in [0.15, 0.2) is 0 Å². The van der Waals surface area contributed by atoms with Gasteiger partial charge < -0.3 is 10.4 Å². The number of carboxylic acids is 1. The molecule has 0 fully saturated rings. The van der Waals surface area contributed by atoms with Crippen LogP contribution < -0.4 is 5.32 Å². The van der Waals surface area contributed by atoms with Crippen LogP contribution in [0.2, 0.25) is 0 Å². The fourth-order valence-electron chi connectivity index (χ4n) is 1.19. The van der Waals surface area contributed by atoms with Crippen molar-refractivity contribution in [3.63, 3.8) is 0 Å². The van der Waals surface area contributed by atoms with Gasteiger partial charge in [-0.3, -0.25) is 4.79 Å². The first-order valence-corrected chi connectivity index (χ1v) is 4.50. The maximum absolute atomic E-state index is 11.2. The summed E-state index contributed by atoms with van der Waals surface area (Å²) in [5.41, 5.74) is -1.17. The van der Waals surface area contributed by atoms with E-state index in [1.807, 2.05) is 0 Å². The van der Waals surface area contributed by atoms with E-state index in [4.69, 9.17) is 11.5 Å². The Labute approximate surface area is 83.7 Å². The van der Waals surface area contributed by atoms with Gasteiger partial charge in [-0.05, 0) is 12.8 Å². The lowest BCUT2D eigenvalue weighted by Gasteiger charge is -2.27. The molecule has 0 aromatic carbocycles. The number of carbonyl (C=O) groups is 2. The third-order valence-corrected chi connectivity index (χ3v) is 2.26. The second kappa shape index (κ2) is 5.28. The van der Waals surface area contributed by atoms with Gasteiger partial charge in [0.25, 0.3) is 0 Å². The van der Waals surface area contributed by atoms with Gasteiger partial charge in [0, 0.05) is 0 Å². The van der Waals surface area contributed by atoms with Gasteiger partial charge in [-0.2, -0.15) is 0 Å². The van der Waals surface area contributed by atoms with Crippen LogP contribution in [0.3, 0.4) is 0 Å². The molecule has 14 heavy (non-hydrogen) atoms. The predicted molar refractivity (Wildman–Crippen MR) is 52.5 cm³/mol. The molecule has 0 bridgehead atoms. The van der Waals surface area contributed by atoms with Crippen LogP contribution in [0.5, 0.6) is 0 Å². The first kappa shape index (κ1) is 12.5. The lowest BCUT2D eigenvalue weighted by molar-refractivity contribution is -0.147. The summed E-state index contributed by atoms with van der Waals surface area (Å²) in [5, 5.41) is 11.4. The monoisotopic (exact) mass is 197 g/mol. The topological polar surface area (TPSA) is 66.4 Å². The maximum atomic E-state index is 11.2. The Morgan fingerprint density at radius 2 is 1.93 bits per heavy atom. The standard InChI is InChI=1S/C10H15NO3/c1-4-7-8(12)11-10(5-2,6-3)9(13)14/h1H,5-7H2,2-3H3,(H,11,12)(H,13,14). The molecule has 0 saturated heterocycles. The summed E-state index contributed by atoms with van der Waals surface area (Å²) in [6, 6.07) is 0. The van der Waals surface area contributed by atoms with Gasteiger partial charge in [0.2, 0.25) is 5.91 Å². The minimum absolute atomic E-state index is 0.0883. The van der Waals surface area contributed by atoms with E-state index in [9.17, 15) is 9.59 Å². The average molecular weight is 197 g/mol. The fourth-order valence-corrected chi connectivity index (χ4v) is 1.19. The van der Waals surface area contributed by atoms with E-state index in [0.29, 0.717) is 12.8 Å². The number of nitrogens with one attached hydrogen (secondary N) is 1. The summed E-state index contributed by atoms with van der Waals surface area (Å²) in [4.78, 5) is 22.1. The van der Waals surface area contributed by atoms with Gasteiger partial charge in [0.05, 0.1) is 6.42 Å². The highest BCUT2D eigenvalue weighted by atomic mass is 16.4. The summed E-state index contributed by atoms with van der Waals surface area (Å²) in [6.45, 7) is 3.43. The molecule has 4 nitrogen and oxygen atoms in total. The molecule has 78 valence electrons. The van der Waals surface area contributed by atoms with Crippen LogP contribution >= 0.6 is 0 Å². The molecule has 0 saturated carbocycles. The minimum atomic E-state index is -1.17. The normalized spacial score (nSPS) is 10.4. The number of hydrogen-bond acceptors (Lipinski definition) is 2. The van der Waals surface area contributed by atoms with Crippen LogP contribution in [0.4, 0.5) is 0 Å². The average Bonchev–Trinajstić information content (AvgIpc) is 2.14. The second-order valence-corrected chi connectivity index (χ2v) is 3.02. The molecule has 0 spiro atoms. The third-order valence-electron chi connectivity index (χ3n) is 2.26. The van der Waals surface area contributed by atoms with Gasteiger partial charge >= 0.3 is 5.97 Å². The lowest BCUT2D eigenvalue weighted by atomic mass is 9.93. The Hall–Kier alpha value is -1.50. The number of hydrogen-bond donors (Lipinski definition) is 2. The molecular formula is C10H15NO3. The molecule has 0 aliphatic carbocycles. The highest BCUT2D eigenvalue weighted by Crippen LogP contribution is 2.15.